The van der Waals surface area contributed by atoms with Crippen molar-refractivity contribution in [1.82, 2.24) is 4.98 Å². The summed E-state index contributed by atoms with van der Waals surface area (Å²) in [5.74, 6) is 1.64. The molecule has 0 unspecified atom stereocenters. The number of hydrogen-bond donors (Lipinski definition) is 0. The van der Waals surface area contributed by atoms with Gasteiger partial charge in [0.15, 0.2) is 0 Å². The van der Waals surface area contributed by atoms with Gasteiger partial charge in [-0.25, -0.2) is 0 Å². The van der Waals surface area contributed by atoms with E-state index in [9.17, 15) is 0 Å². The molecule has 1 aromatic heterocycles. The molecule has 0 bridgehead atoms. The molecule has 1 saturated carbocycles. The molecule has 0 N–H and O–H groups in total. The van der Waals surface area contributed by atoms with Gasteiger partial charge in [0, 0.05) is 18.7 Å². The topological polar surface area (TPSA) is 40.6 Å². The zero-order chi connectivity index (χ0) is 19.9. The summed E-state index contributed by atoms with van der Waals surface area (Å²) in [6.45, 7) is 15.4. The Bertz CT molecular complexity index is 536. The monoisotopic (exact) mass is 377 g/mol. The fourth-order valence-electron chi connectivity index (χ4n) is 3.18. The van der Waals surface area contributed by atoms with Crippen molar-refractivity contribution in [3.8, 4) is 5.75 Å². The molecule has 0 aromatic carbocycles. The Balaban J connectivity index is 1.53. The molecule has 0 radical (unpaired) electrons. The van der Waals surface area contributed by atoms with Crippen LogP contribution in [0, 0.1) is 11.3 Å². The smallest absolute Gasteiger partial charge is 0.137 e. The van der Waals surface area contributed by atoms with Crippen molar-refractivity contribution in [3.05, 3.63) is 24.0 Å². The fourth-order valence-corrected chi connectivity index (χ4v) is 3.18. The summed E-state index contributed by atoms with van der Waals surface area (Å²) >= 11 is 0. The number of aromatic nitrogens is 1. The van der Waals surface area contributed by atoms with Crippen LogP contribution < -0.4 is 4.74 Å². The lowest BCUT2D eigenvalue weighted by atomic mass is 9.67. The zero-order valence-electron chi connectivity index (χ0n) is 18.2. The van der Waals surface area contributed by atoms with Gasteiger partial charge in [0.25, 0.3) is 0 Å². The Morgan fingerprint density at radius 1 is 0.963 bits per heavy atom. The molecule has 1 aliphatic carbocycles. The van der Waals surface area contributed by atoms with Crippen LogP contribution in [0.4, 0.5) is 0 Å². The number of rotatable bonds is 10. The number of aryl methyl sites for hydroxylation is 1. The molecule has 1 aliphatic rings. The average Bonchev–Trinajstić information content (AvgIpc) is 2.51. The van der Waals surface area contributed by atoms with E-state index in [0.717, 1.165) is 43.2 Å². The maximum Gasteiger partial charge on any atom is 0.137 e. The third kappa shape index (κ3) is 8.61. The number of hydrogen-bond acceptors (Lipinski definition) is 4. The van der Waals surface area contributed by atoms with E-state index in [4.69, 9.17) is 14.2 Å². The molecule has 154 valence electrons. The van der Waals surface area contributed by atoms with E-state index in [2.05, 4.69) is 52.6 Å². The summed E-state index contributed by atoms with van der Waals surface area (Å²) in [5.41, 5.74) is 1.44. The minimum absolute atomic E-state index is 0.0835. The van der Waals surface area contributed by atoms with Crippen molar-refractivity contribution in [3.63, 3.8) is 0 Å². The van der Waals surface area contributed by atoms with Crippen LogP contribution >= 0.6 is 0 Å². The van der Waals surface area contributed by atoms with Gasteiger partial charge in [-0.15, -0.1) is 0 Å². The van der Waals surface area contributed by atoms with E-state index >= 15 is 0 Å². The number of ether oxygens (including phenoxy) is 3. The first-order valence-electron chi connectivity index (χ1n) is 10.5. The normalized spacial score (nSPS) is 20.4. The van der Waals surface area contributed by atoms with E-state index in [1.165, 1.54) is 12.8 Å². The molecule has 2 rings (SSSR count). The highest BCUT2D eigenvalue weighted by atomic mass is 16.5. The largest absolute Gasteiger partial charge is 0.492 e. The SMILES string of the molecule is CC(C)(C)OCCCOc1ccc(CCCOC2CC(C(C)(C)C)C2)nc1. The predicted molar refractivity (Wildman–Crippen MR) is 110 cm³/mol. The third-order valence-electron chi connectivity index (χ3n) is 5.14. The Morgan fingerprint density at radius 2 is 1.70 bits per heavy atom. The van der Waals surface area contributed by atoms with Gasteiger partial charge in [0.1, 0.15) is 5.75 Å². The molecule has 0 saturated heterocycles. The van der Waals surface area contributed by atoms with Crippen LogP contribution in [-0.2, 0) is 15.9 Å². The maximum absolute atomic E-state index is 5.98. The van der Waals surface area contributed by atoms with Gasteiger partial charge in [0.2, 0.25) is 0 Å². The summed E-state index contributed by atoms with van der Waals surface area (Å²) in [6.07, 6.45) is 7.58. The Labute approximate surface area is 166 Å². The molecule has 4 heteroatoms. The molecular formula is C23H39NO3. The van der Waals surface area contributed by atoms with Crippen molar-refractivity contribution in [2.45, 2.75) is 85.4 Å². The van der Waals surface area contributed by atoms with E-state index in [1.54, 1.807) is 0 Å². The van der Waals surface area contributed by atoms with Gasteiger partial charge in [-0.2, -0.15) is 0 Å². The summed E-state index contributed by atoms with van der Waals surface area (Å²) in [6, 6.07) is 4.06. The van der Waals surface area contributed by atoms with Crippen molar-refractivity contribution in [2.24, 2.45) is 11.3 Å². The quantitative estimate of drug-likeness (QED) is 0.509. The second-order valence-corrected chi connectivity index (χ2v) is 9.78. The summed E-state index contributed by atoms with van der Waals surface area (Å²) in [4.78, 5) is 4.50. The summed E-state index contributed by atoms with van der Waals surface area (Å²) in [7, 11) is 0. The Morgan fingerprint density at radius 3 is 2.30 bits per heavy atom. The minimum Gasteiger partial charge on any atom is -0.492 e. The lowest BCUT2D eigenvalue weighted by Gasteiger charge is -2.43. The second kappa shape index (κ2) is 9.88. The van der Waals surface area contributed by atoms with E-state index in [0.29, 0.717) is 24.7 Å². The second-order valence-electron chi connectivity index (χ2n) is 9.78. The molecule has 4 nitrogen and oxygen atoms in total. The van der Waals surface area contributed by atoms with Crippen LogP contribution in [0.5, 0.6) is 5.75 Å². The van der Waals surface area contributed by atoms with Crippen molar-refractivity contribution >= 4 is 0 Å². The first kappa shape index (κ1) is 22.2. The van der Waals surface area contributed by atoms with Crippen LogP contribution in [0.3, 0.4) is 0 Å². The molecule has 0 aliphatic heterocycles. The molecule has 27 heavy (non-hydrogen) atoms. The predicted octanol–water partition coefficient (Wildman–Crippen LogP) is 5.44. The van der Waals surface area contributed by atoms with Gasteiger partial charge >= 0.3 is 0 Å². The molecule has 0 atom stereocenters. The minimum atomic E-state index is -0.0835. The van der Waals surface area contributed by atoms with Crippen molar-refractivity contribution in [2.75, 3.05) is 19.8 Å². The van der Waals surface area contributed by atoms with Gasteiger partial charge in [-0.1, -0.05) is 20.8 Å². The summed E-state index contributed by atoms with van der Waals surface area (Å²) in [5, 5.41) is 0. The standard InChI is InChI=1S/C23H39NO3/c1-22(2,3)18-15-21(16-18)26-12-7-9-19-10-11-20(17-24-19)25-13-8-14-27-23(4,5)6/h10-11,17-18,21H,7-9,12-16H2,1-6H3. The molecule has 0 amide bonds. The highest BCUT2D eigenvalue weighted by Crippen LogP contribution is 2.42. The van der Waals surface area contributed by atoms with Crippen molar-refractivity contribution < 1.29 is 14.2 Å². The highest BCUT2D eigenvalue weighted by Gasteiger charge is 2.37. The molecule has 1 aromatic rings. The fraction of sp³-hybridized carbons (Fsp3) is 0.783. The molecular weight excluding hydrogens is 338 g/mol. The van der Waals surface area contributed by atoms with Crippen LogP contribution in [0.2, 0.25) is 0 Å². The molecule has 1 heterocycles. The lowest BCUT2D eigenvalue weighted by molar-refractivity contribution is -0.0623. The van der Waals surface area contributed by atoms with E-state index < -0.39 is 0 Å². The van der Waals surface area contributed by atoms with Crippen LogP contribution in [0.15, 0.2) is 18.3 Å². The number of pyridine rings is 1. The summed E-state index contributed by atoms with van der Waals surface area (Å²) < 4.78 is 17.4. The highest BCUT2D eigenvalue weighted by molar-refractivity contribution is 5.19. The maximum atomic E-state index is 5.98. The van der Waals surface area contributed by atoms with Gasteiger partial charge in [0.05, 0.1) is 31.1 Å². The van der Waals surface area contributed by atoms with Gasteiger partial charge < -0.3 is 14.2 Å². The van der Waals surface area contributed by atoms with Gasteiger partial charge in [-0.05, 0) is 69.9 Å². The first-order valence-corrected chi connectivity index (χ1v) is 10.5. The lowest BCUT2D eigenvalue weighted by Crippen LogP contribution is -2.39. The Kier molecular flexibility index (Phi) is 8.11. The van der Waals surface area contributed by atoms with E-state index in [1.807, 2.05) is 12.3 Å². The van der Waals surface area contributed by atoms with Crippen LogP contribution in [0.25, 0.3) is 0 Å². The van der Waals surface area contributed by atoms with E-state index in [-0.39, 0.29) is 5.60 Å². The van der Waals surface area contributed by atoms with Crippen LogP contribution in [0.1, 0.15) is 72.9 Å². The molecule has 1 fully saturated rings. The molecule has 0 spiro atoms. The third-order valence-corrected chi connectivity index (χ3v) is 5.14. The number of nitrogens with zero attached hydrogens (tertiary/aromatic N) is 1. The van der Waals surface area contributed by atoms with Crippen molar-refractivity contribution in [1.29, 1.82) is 0 Å². The zero-order valence-corrected chi connectivity index (χ0v) is 18.2. The average molecular weight is 378 g/mol. The first-order chi connectivity index (χ1) is 12.6. The Hall–Kier alpha value is -1.13. The van der Waals surface area contributed by atoms with Crippen LogP contribution in [-0.4, -0.2) is 36.5 Å². The van der Waals surface area contributed by atoms with Gasteiger partial charge in [-0.3, -0.25) is 4.98 Å².